The second kappa shape index (κ2) is 6.57. The van der Waals surface area contributed by atoms with Gasteiger partial charge in [-0.1, -0.05) is 13.0 Å². The summed E-state index contributed by atoms with van der Waals surface area (Å²) in [7, 11) is 3.65. The number of hydrogen-bond acceptors (Lipinski definition) is 3. The summed E-state index contributed by atoms with van der Waals surface area (Å²) in [6.45, 7) is 5.97. The molecular weight excluding hydrogens is 250 g/mol. The van der Waals surface area contributed by atoms with Crippen LogP contribution in [0.15, 0.2) is 24.4 Å². The van der Waals surface area contributed by atoms with Gasteiger partial charge in [0.05, 0.1) is 12.8 Å². The number of rotatable bonds is 6. The van der Waals surface area contributed by atoms with Gasteiger partial charge in [0.1, 0.15) is 5.75 Å². The van der Waals surface area contributed by atoms with Gasteiger partial charge in [0, 0.05) is 30.4 Å². The summed E-state index contributed by atoms with van der Waals surface area (Å²) in [5.74, 6) is 0.918. The van der Waals surface area contributed by atoms with Crippen molar-refractivity contribution in [2.24, 2.45) is 0 Å². The zero-order valence-corrected chi connectivity index (χ0v) is 12.7. The van der Waals surface area contributed by atoms with Gasteiger partial charge in [0.25, 0.3) is 0 Å². The van der Waals surface area contributed by atoms with Crippen LogP contribution in [0.5, 0.6) is 5.75 Å². The van der Waals surface area contributed by atoms with Gasteiger partial charge in [-0.2, -0.15) is 5.10 Å². The van der Waals surface area contributed by atoms with Crippen LogP contribution in [0.1, 0.15) is 24.6 Å². The molecule has 0 fully saturated rings. The Hall–Kier alpha value is -1.81. The summed E-state index contributed by atoms with van der Waals surface area (Å²) in [4.78, 5) is 0. The molecule has 4 heteroatoms. The molecule has 0 amide bonds. The highest BCUT2D eigenvalue weighted by atomic mass is 16.5. The number of benzene rings is 1. The minimum atomic E-state index is 0.791. The number of aryl methyl sites for hydroxylation is 2. The number of ether oxygens (including phenoxy) is 1. The molecule has 0 bridgehead atoms. The molecule has 4 nitrogen and oxygen atoms in total. The summed E-state index contributed by atoms with van der Waals surface area (Å²) in [5, 5.41) is 7.74. The summed E-state index contributed by atoms with van der Waals surface area (Å²) in [6, 6.07) is 6.30. The Bertz CT molecular complexity index is 575. The van der Waals surface area contributed by atoms with Gasteiger partial charge in [0.15, 0.2) is 0 Å². The molecule has 0 unspecified atom stereocenters. The summed E-state index contributed by atoms with van der Waals surface area (Å²) in [5.41, 5.74) is 4.61. The maximum Gasteiger partial charge on any atom is 0.123 e. The molecule has 1 N–H and O–H groups in total. The van der Waals surface area contributed by atoms with Crippen molar-refractivity contribution in [2.45, 2.75) is 33.4 Å². The molecule has 1 heterocycles. The molecular formula is C16H23N3O. The Labute approximate surface area is 120 Å². The Morgan fingerprint density at radius 2 is 2.15 bits per heavy atom. The maximum absolute atomic E-state index is 5.40. The molecule has 0 atom stereocenters. The number of hydrogen-bond donors (Lipinski definition) is 1. The van der Waals surface area contributed by atoms with E-state index in [1.165, 1.54) is 11.1 Å². The SMILES string of the molecule is CCCn1cc(-c2ccc(OC)c(CNC)c2)c(C)n1. The van der Waals surface area contributed by atoms with E-state index in [-0.39, 0.29) is 0 Å². The molecule has 0 aliphatic rings. The van der Waals surface area contributed by atoms with E-state index < -0.39 is 0 Å². The molecule has 20 heavy (non-hydrogen) atoms. The van der Waals surface area contributed by atoms with Crippen LogP contribution in [0.25, 0.3) is 11.1 Å². The van der Waals surface area contributed by atoms with E-state index >= 15 is 0 Å². The maximum atomic E-state index is 5.40. The van der Waals surface area contributed by atoms with Crippen molar-refractivity contribution in [3.8, 4) is 16.9 Å². The smallest absolute Gasteiger partial charge is 0.123 e. The van der Waals surface area contributed by atoms with E-state index in [0.29, 0.717) is 0 Å². The third-order valence-corrected chi connectivity index (χ3v) is 3.36. The third-order valence-electron chi connectivity index (χ3n) is 3.36. The lowest BCUT2D eigenvalue weighted by atomic mass is 10.0. The van der Waals surface area contributed by atoms with Crippen LogP contribution in [0.2, 0.25) is 0 Å². The van der Waals surface area contributed by atoms with Gasteiger partial charge in [-0.25, -0.2) is 0 Å². The van der Waals surface area contributed by atoms with E-state index in [0.717, 1.165) is 36.5 Å². The van der Waals surface area contributed by atoms with Crippen LogP contribution in [0.3, 0.4) is 0 Å². The zero-order valence-electron chi connectivity index (χ0n) is 12.7. The molecule has 0 radical (unpaired) electrons. The average molecular weight is 273 g/mol. The Balaban J connectivity index is 2.39. The lowest BCUT2D eigenvalue weighted by Crippen LogP contribution is -2.06. The third kappa shape index (κ3) is 3.02. The van der Waals surface area contributed by atoms with Gasteiger partial charge in [0.2, 0.25) is 0 Å². The molecule has 2 rings (SSSR count). The second-order valence-electron chi connectivity index (χ2n) is 4.95. The molecule has 1 aromatic heterocycles. The molecule has 0 spiro atoms. The fourth-order valence-corrected chi connectivity index (χ4v) is 2.42. The van der Waals surface area contributed by atoms with Crippen LogP contribution >= 0.6 is 0 Å². The van der Waals surface area contributed by atoms with Crippen molar-refractivity contribution in [3.63, 3.8) is 0 Å². The van der Waals surface area contributed by atoms with Crippen molar-refractivity contribution in [3.05, 3.63) is 35.7 Å². The fraction of sp³-hybridized carbons (Fsp3) is 0.438. The number of nitrogens with one attached hydrogen (secondary N) is 1. The highest BCUT2D eigenvalue weighted by molar-refractivity contribution is 5.67. The first-order valence-electron chi connectivity index (χ1n) is 7.05. The number of methoxy groups -OCH3 is 1. The first kappa shape index (κ1) is 14.6. The van der Waals surface area contributed by atoms with Crippen LogP contribution in [-0.4, -0.2) is 23.9 Å². The standard InChI is InChI=1S/C16H23N3O/c1-5-8-19-11-15(12(2)18-19)13-6-7-16(20-4)14(9-13)10-17-3/h6-7,9,11,17H,5,8,10H2,1-4H3. The van der Waals surface area contributed by atoms with Gasteiger partial charge < -0.3 is 10.1 Å². The highest BCUT2D eigenvalue weighted by Gasteiger charge is 2.10. The minimum Gasteiger partial charge on any atom is -0.496 e. The molecule has 0 saturated carbocycles. The van der Waals surface area contributed by atoms with E-state index in [1.54, 1.807) is 7.11 Å². The van der Waals surface area contributed by atoms with Crippen molar-refractivity contribution < 1.29 is 4.74 Å². The van der Waals surface area contributed by atoms with Crippen molar-refractivity contribution in [1.82, 2.24) is 15.1 Å². The molecule has 2 aromatic rings. The van der Waals surface area contributed by atoms with Crippen LogP contribution in [0.4, 0.5) is 0 Å². The first-order valence-corrected chi connectivity index (χ1v) is 7.05. The summed E-state index contributed by atoms with van der Waals surface area (Å²) >= 11 is 0. The van der Waals surface area contributed by atoms with Crippen LogP contribution < -0.4 is 10.1 Å². The largest absolute Gasteiger partial charge is 0.496 e. The van der Waals surface area contributed by atoms with E-state index in [2.05, 4.69) is 42.6 Å². The van der Waals surface area contributed by atoms with Gasteiger partial charge >= 0.3 is 0 Å². The quantitative estimate of drug-likeness (QED) is 0.879. The highest BCUT2D eigenvalue weighted by Crippen LogP contribution is 2.28. The van der Waals surface area contributed by atoms with E-state index in [1.807, 2.05) is 17.8 Å². The Kier molecular flexibility index (Phi) is 4.79. The lowest BCUT2D eigenvalue weighted by molar-refractivity contribution is 0.408. The number of nitrogens with zero attached hydrogens (tertiary/aromatic N) is 2. The normalized spacial score (nSPS) is 10.8. The van der Waals surface area contributed by atoms with E-state index in [9.17, 15) is 0 Å². The predicted molar refractivity (Wildman–Crippen MR) is 82.0 cm³/mol. The summed E-state index contributed by atoms with van der Waals surface area (Å²) in [6.07, 6.45) is 3.22. The monoisotopic (exact) mass is 273 g/mol. The average Bonchev–Trinajstić information content (AvgIpc) is 2.80. The van der Waals surface area contributed by atoms with Crippen molar-refractivity contribution in [2.75, 3.05) is 14.2 Å². The Morgan fingerprint density at radius 1 is 1.35 bits per heavy atom. The van der Waals surface area contributed by atoms with Crippen LogP contribution in [-0.2, 0) is 13.1 Å². The lowest BCUT2D eigenvalue weighted by Gasteiger charge is -2.10. The van der Waals surface area contributed by atoms with Crippen molar-refractivity contribution in [1.29, 1.82) is 0 Å². The molecule has 0 aliphatic heterocycles. The first-order chi connectivity index (χ1) is 9.69. The van der Waals surface area contributed by atoms with Gasteiger partial charge in [-0.05, 0) is 38.1 Å². The predicted octanol–water partition coefficient (Wildman–Crippen LogP) is 3.00. The second-order valence-corrected chi connectivity index (χ2v) is 4.95. The van der Waals surface area contributed by atoms with Gasteiger partial charge in [-0.15, -0.1) is 0 Å². The fourth-order valence-electron chi connectivity index (χ4n) is 2.42. The summed E-state index contributed by atoms with van der Waals surface area (Å²) < 4.78 is 7.42. The molecule has 0 saturated heterocycles. The molecule has 0 aliphatic carbocycles. The minimum absolute atomic E-state index is 0.791. The molecule has 108 valence electrons. The topological polar surface area (TPSA) is 39.1 Å². The number of aromatic nitrogens is 2. The van der Waals surface area contributed by atoms with E-state index in [4.69, 9.17) is 4.74 Å². The van der Waals surface area contributed by atoms with Crippen molar-refractivity contribution >= 4 is 0 Å². The van der Waals surface area contributed by atoms with Gasteiger partial charge in [-0.3, -0.25) is 4.68 Å². The van der Waals surface area contributed by atoms with Crippen LogP contribution in [0, 0.1) is 6.92 Å². The molecule has 1 aromatic carbocycles. The Morgan fingerprint density at radius 3 is 2.80 bits per heavy atom. The zero-order chi connectivity index (χ0) is 14.5.